The number of amides is 2. The summed E-state index contributed by atoms with van der Waals surface area (Å²) in [6.45, 7) is 0. The van der Waals surface area contributed by atoms with Gasteiger partial charge >= 0.3 is 0 Å². The van der Waals surface area contributed by atoms with Crippen LogP contribution in [0, 0.1) is 0 Å². The lowest BCUT2D eigenvalue weighted by Crippen LogP contribution is -2.24. The molecule has 0 aromatic heterocycles. The zero-order chi connectivity index (χ0) is 18.4. The molecule has 3 rings (SSSR count). The second-order valence-corrected chi connectivity index (χ2v) is 5.52. The monoisotopic (exact) mass is 344 g/mol. The van der Waals surface area contributed by atoms with Crippen LogP contribution < -0.4 is 10.6 Å². The van der Waals surface area contributed by atoms with Gasteiger partial charge in [-0.3, -0.25) is 14.4 Å². The standard InChI is InChI=1S/C21H16N2O3/c24-19(21(26)22-16-11-5-2-6-12-16)17-13-7-8-14-18(17)23-20(25)15-9-3-1-4-10-15/h1-14H,(H,22,26)(H,23,25). The first-order valence-corrected chi connectivity index (χ1v) is 8.01. The second-order valence-electron chi connectivity index (χ2n) is 5.52. The van der Waals surface area contributed by atoms with E-state index in [9.17, 15) is 14.4 Å². The summed E-state index contributed by atoms with van der Waals surface area (Å²) in [6, 6.07) is 23.8. The van der Waals surface area contributed by atoms with Crippen molar-refractivity contribution in [2.45, 2.75) is 0 Å². The van der Waals surface area contributed by atoms with Gasteiger partial charge in [0.1, 0.15) is 0 Å². The van der Waals surface area contributed by atoms with Crippen LogP contribution >= 0.6 is 0 Å². The average Bonchev–Trinajstić information content (AvgIpc) is 2.69. The lowest BCUT2D eigenvalue weighted by molar-refractivity contribution is -0.112. The highest BCUT2D eigenvalue weighted by atomic mass is 16.2. The van der Waals surface area contributed by atoms with Gasteiger partial charge in [-0.15, -0.1) is 0 Å². The first kappa shape index (κ1) is 17.1. The van der Waals surface area contributed by atoms with Gasteiger partial charge in [0.05, 0.1) is 11.3 Å². The van der Waals surface area contributed by atoms with Crippen LogP contribution in [0.3, 0.4) is 0 Å². The Labute approximate surface area is 150 Å². The van der Waals surface area contributed by atoms with Gasteiger partial charge in [0.2, 0.25) is 0 Å². The van der Waals surface area contributed by atoms with Crippen molar-refractivity contribution in [2.24, 2.45) is 0 Å². The Hall–Kier alpha value is -3.73. The van der Waals surface area contributed by atoms with Gasteiger partial charge in [0.25, 0.3) is 17.6 Å². The number of benzene rings is 3. The summed E-state index contributed by atoms with van der Waals surface area (Å²) in [5.74, 6) is -1.84. The van der Waals surface area contributed by atoms with Gasteiger partial charge in [-0.05, 0) is 36.4 Å². The molecular weight excluding hydrogens is 328 g/mol. The van der Waals surface area contributed by atoms with E-state index < -0.39 is 11.7 Å². The van der Waals surface area contributed by atoms with Gasteiger partial charge in [0.15, 0.2) is 0 Å². The molecule has 2 amide bonds. The van der Waals surface area contributed by atoms with Crippen molar-refractivity contribution in [1.29, 1.82) is 0 Å². The number of carbonyl (C=O) groups excluding carboxylic acids is 3. The normalized spacial score (nSPS) is 10.0. The second kappa shape index (κ2) is 7.90. The van der Waals surface area contributed by atoms with Crippen LogP contribution in [0.15, 0.2) is 84.9 Å². The number of para-hydroxylation sites is 2. The largest absolute Gasteiger partial charge is 0.321 e. The molecule has 0 aliphatic heterocycles. The van der Waals surface area contributed by atoms with Gasteiger partial charge < -0.3 is 10.6 Å². The maximum absolute atomic E-state index is 12.5. The van der Waals surface area contributed by atoms with Crippen LogP contribution in [-0.2, 0) is 4.79 Å². The number of hydrogen-bond acceptors (Lipinski definition) is 3. The Morgan fingerprint density at radius 1 is 0.615 bits per heavy atom. The molecule has 0 saturated carbocycles. The van der Waals surface area contributed by atoms with E-state index in [-0.39, 0.29) is 17.2 Å². The fourth-order valence-electron chi connectivity index (χ4n) is 2.41. The molecule has 0 bridgehead atoms. The molecule has 3 aromatic carbocycles. The summed E-state index contributed by atoms with van der Waals surface area (Å²) in [5, 5.41) is 5.24. The molecule has 0 aliphatic rings. The summed E-state index contributed by atoms with van der Waals surface area (Å²) in [7, 11) is 0. The number of nitrogens with one attached hydrogen (secondary N) is 2. The summed E-state index contributed by atoms with van der Waals surface area (Å²) in [4.78, 5) is 37.1. The minimum absolute atomic E-state index is 0.130. The molecule has 0 atom stereocenters. The van der Waals surface area contributed by atoms with Crippen molar-refractivity contribution >= 4 is 29.0 Å². The summed E-state index contributed by atoms with van der Waals surface area (Å²) >= 11 is 0. The Morgan fingerprint density at radius 3 is 1.88 bits per heavy atom. The van der Waals surface area contributed by atoms with E-state index in [1.54, 1.807) is 66.7 Å². The minimum Gasteiger partial charge on any atom is -0.321 e. The summed E-state index contributed by atoms with van der Waals surface area (Å²) in [5.41, 5.74) is 1.40. The number of hydrogen-bond donors (Lipinski definition) is 2. The number of carbonyl (C=O) groups is 3. The molecule has 0 radical (unpaired) electrons. The number of anilines is 2. The maximum atomic E-state index is 12.5. The Kier molecular flexibility index (Phi) is 5.19. The van der Waals surface area contributed by atoms with E-state index in [1.165, 1.54) is 6.07 Å². The van der Waals surface area contributed by atoms with Crippen molar-refractivity contribution in [3.63, 3.8) is 0 Å². The first-order chi connectivity index (χ1) is 12.6. The highest BCUT2D eigenvalue weighted by molar-refractivity contribution is 6.47. The molecule has 3 aromatic rings. The van der Waals surface area contributed by atoms with E-state index in [2.05, 4.69) is 10.6 Å². The van der Waals surface area contributed by atoms with Gasteiger partial charge in [-0.2, -0.15) is 0 Å². The van der Waals surface area contributed by atoms with E-state index in [4.69, 9.17) is 0 Å². The minimum atomic E-state index is -0.766. The fourth-order valence-corrected chi connectivity index (χ4v) is 2.41. The molecule has 0 aliphatic carbocycles. The predicted molar refractivity (Wildman–Crippen MR) is 100 cm³/mol. The highest BCUT2D eigenvalue weighted by Gasteiger charge is 2.20. The summed E-state index contributed by atoms with van der Waals surface area (Å²) < 4.78 is 0. The molecule has 5 nitrogen and oxygen atoms in total. The van der Waals surface area contributed by atoms with E-state index in [1.807, 2.05) is 12.1 Å². The number of Topliss-reactive ketones (excluding diaryl/α,β-unsaturated/α-hetero) is 1. The summed E-state index contributed by atoms with van der Waals surface area (Å²) in [6.07, 6.45) is 0. The molecule has 0 saturated heterocycles. The molecule has 5 heteroatoms. The average molecular weight is 344 g/mol. The Balaban J connectivity index is 1.79. The molecule has 128 valence electrons. The van der Waals surface area contributed by atoms with Gasteiger partial charge in [0, 0.05) is 11.3 Å². The number of ketones is 1. The lowest BCUT2D eigenvalue weighted by atomic mass is 10.1. The van der Waals surface area contributed by atoms with Crippen molar-refractivity contribution in [3.8, 4) is 0 Å². The van der Waals surface area contributed by atoms with Crippen LogP contribution in [0.25, 0.3) is 0 Å². The third kappa shape index (κ3) is 4.02. The molecule has 0 heterocycles. The quantitative estimate of drug-likeness (QED) is 0.547. The Morgan fingerprint density at radius 2 is 1.19 bits per heavy atom. The highest BCUT2D eigenvalue weighted by Crippen LogP contribution is 2.18. The Bertz CT molecular complexity index is 938. The predicted octanol–water partition coefficient (Wildman–Crippen LogP) is 3.76. The number of rotatable bonds is 5. The molecule has 0 fully saturated rings. The first-order valence-electron chi connectivity index (χ1n) is 8.01. The van der Waals surface area contributed by atoms with E-state index in [0.717, 1.165) is 0 Å². The molecular formula is C21H16N2O3. The molecule has 26 heavy (non-hydrogen) atoms. The van der Waals surface area contributed by atoms with Crippen LogP contribution in [0.4, 0.5) is 11.4 Å². The third-order valence-electron chi connectivity index (χ3n) is 3.69. The zero-order valence-corrected chi connectivity index (χ0v) is 13.8. The lowest BCUT2D eigenvalue weighted by Gasteiger charge is -2.10. The topological polar surface area (TPSA) is 75.3 Å². The van der Waals surface area contributed by atoms with Crippen molar-refractivity contribution in [2.75, 3.05) is 10.6 Å². The van der Waals surface area contributed by atoms with Crippen LogP contribution in [0.2, 0.25) is 0 Å². The molecule has 0 spiro atoms. The fraction of sp³-hybridized carbons (Fsp3) is 0. The van der Waals surface area contributed by atoms with Crippen LogP contribution in [-0.4, -0.2) is 17.6 Å². The van der Waals surface area contributed by atoms with E-state index >= 15 is 0 Å². The van der Waals surface area contributed by atoms with Crippen molar-refractivity contribution < 1.29 is 14.4 Å². The zero-order valence-electron chi connectivity index (χ0n) is 13.8. The van der Waals surface area contributed by atoms with E-state index in [0.29, 0.717) is 11.3 Å². The van der Waals surface area contributed by atoms with Crippen molar-refractivity contribution in [3.05, 3.63) is 96.1 Å². The SMILES string of the molecule is O=C(Nc1ccccc1)C(=O)c1ccccc1NC(=O)c1ccccc1. The molecule has 0 unspecified atom stereocenters. The van der Waals surface area contributed by atoms with Crippen molar-refractivity contribution in [1.82, 2.24) is 0 Å². The maximum Gasteiger partial charge on any atom is 0.296 e. The van der Waals surface area contributed by atoms with Gasteiger partial charge in [-0.1, -0.05) is 48.5 Å². The molecule has 2 N–H and O–H groups in total. The third-order valence-corrected chi connectivity index (χ3v) is 3.69. The van der Waals surface area contributed by atoms with Crippen LogP contribution in [0.1, 0.15) is 20.7 Å². The smallest absolute Gasteiger partial charge is 0.296 e. The van der Waals surface area contributed by atoms with Crippen LogP contribution in [0.5, 0.6) is 0 Å². The van der Waals surface area contributed by atoms with Gasteiger partial charge in [-0.25, -0.2) is 0 Å².